The molecule has 9 aromatic rings. The summed E-state index contributed by atoms with van der Waals surface area (Å²) in [4.78, 5) is 9.15. The number of aromatic nitrogens is 2. The van der Waals surface area contributed by atoms with Gasteiger partial charge in [0.05, 0.1) is 10.9 Å². The Morgan fingerprint density at radius 1 is 0.472 bits per heavy atom. The van der Waals surface area contributed by atoms with Gasteiger partial charge in [0, 0.05) is 35.7 Å². The van der Waals surface area contributed by atoms with Crippen LogP contribution in [0.3, 0.4) is 0 Å². The summed E-state index contributed by atoms with van der Waals surface area (Å²) in [6, 6.07) is 51.0. The van der Waals surface area contributed by atoms with Crippen LogP contribution in [0.4, 0.5) is 0 Å². The quantitative estimate of drug-likeness (QED) is 0.174. The minimum absolute atomic E-state index is 0.00178. The molecule has 2 aromatic heterocycles. The molecule has 11 rings (SSSR count). The van der Waals surface area contributed by atoms with Crippen LogP contribution in [0.2, 0.25) is 0 Å². The van der Waals surface area contributed by atoms with E-state index < -0.39 is 0 Å². The normalized spacial score (nSPS) is 16.7. The molecule has 2 atom stereocenters. The lowest BCUT2D eigenvalue weighted by molar-refractivity contribution is 0.195. The lowest BCUT2D eigenvalue weighted by Crippen LogP contribution is -2.30. The maximum absolute atomic E-state index is 6.65. The smallest absolute Gasteiger partial charge is 0.127 e. The molecule has 2 unspecified atom stereocenters. The molecule has 3 nitrogen and oxygen atoms in total. The molecule has 2 aliphatic rings. The molecule has 0 fully saturated rings. The molecule has 3 heteroatoms. The largest absolute Gasteiger partial charge is 0.485 e. The first kappa shape index (κ1) is 30.1. The first-order valence-corrected chi connectivity index (χ1v) is 18.5. The zero-order valence-electron chi connectivity index (χ0n) is 29.0. The summed E-state index contributed by atoms with van der Waals surface area (Å²) in [7, 11) is 0. The van der Waals surface area contributed by atoms with E-state index in [-0.39, 0.29) is 6.10 Å². The highest BCUT2D eigenvalue weighted by Gasteiger charge is 2.22. The Morgan fingerprint density at radius 3 is 1.89 bits per heavy atom. The van der Waals surface area contributed by atoms with Crippen LogP contribution in [-0.2, 0) is 4.74 Å². The minimum atomic E-state index is -0.00178. The van der Waals surface area contributed by atoms with Gasteiger partial charge in [0.25, 0.3) is 0 Å². The Morgan fingerprint density at radius 2 is 1.08 bits per heavy atom. The number of hydrogen-bond acceptors (Lipinski definition) is 3. The highest BCUT2D eigenvalue weighted by Crippen LogP contribution is 2.40. The average Bonchev–Trinajstić information content (AvgIpc) is 3.73. The Kier molecular flexibility index (Phi) is 6.81. The third kappa shape index (κ3) is 5.19. The van der Waals surface area contributed by atoms with E-state index in [1.807, 2.05) is 24.5 Å². The molecule has 250 valence electrons. The molecule has 0 saturated carbocycles. The van der Waals surface area contributed by atoms with E-state index in [2.05, 4.69) is 156 Å². The third-order valence-electron chi connectivity index (χ3n) is 11.4. The van der Waals surface area contributed by atoms with Crippen LogP contribution in [0.1, 0.15) is 41.6 Å². The zero-order valence-corrected chi connectivity index (χ0v) is 29.0. The second kappa shape index (κ2) is 12.0. The van der Waals surface area contributed by atoms with E-state index in [1.165, 1.54) is 70.6 Å². The summed E-state index contributed by atoms with van der Waals surface area (Å²) in [5.41, 5.74) is 7.06. The summed E-state index contributed by atoms with van der Waals surface area (Å²) in [5, 5.41) is 13.5. The topological polar surface area (TPSA) is 35.0 Å². The first-order valence-electron chi connectivity index (χ1n) is 18.5. The Balaban J connectivity index is 0.837. The van der Waals surface area contributed by atoms with Crippen LogP contribution in [0, 0.1) is 0 Å². The van der Waals surface area contributed by atoms with Gasteiger partial charge in [0.2, 0.25) is 0 Å². The third-order valence-corrected chi connectivity index (χ3v) is 11.4. The molecule has 53 heavy (non-hydrogen) atoms. The van der Waals surface area contributed by atoms with Crippen molar-refractivity contribution < 1.29 is 4.74 Å². The molecule has 0 amide bonds. The van der Waals surface area contributed by atoms with E-state index >= 15 is 0 Å². The Bertz CT molecular complexity index is 3120. The second-order valence-electron chi connectivity index (χ2n) is 14.5. The van der Waals surface area contributed by atoms with Crippen LogP contribution in [0.15, 0.2) is 158 Å². The predicted molar refractivity (Wildman–Crippen MR) is 220 cm³/mol. The van der Waals surface area contributed by atoms with E-state index in [4.69, 9.17) is 4.74 Å². The summed E-state index contributed by atoms with van der Waals surface area (Å²) < 4.78 is 6.65. The number of benzene rings is 7. The molecule has 0 radical (unpaired) electrons. The monoisotopic (exact) mass is 678 g/mol. The van der Waals surface area contributed by atoms with Crippen LogP contribution in [-0.4, -0.2) is 9.97 Å². The van der Waals surface area contributed by atoms with Crippen LogP contribution < -0.4 is 10.6 Å². The molecular weight excluding hydrogens is 645 g/mol. The maximum Gasteiger partial charge on any atom is 0.127 e. The van der Waals surface area contributed by atoms with Gasteiger partial charge in [-0.25, -0.2) is 0 Å². The van der Waals surface area contributed by atoms with E-state index in [1.54, 1.807) is 0 Å². The fourth-order valence-electron chi connectivity index (χ4n) is 8.53. The number of nitrogens with zero attached hydrogens (tertiary/aromatic N) is 2. The van der Waals surface area contributed by atoms with Crippen molar-refractivity contribution in [1.82, 2.24) is 9.97 Å². The Hall–Kier alpha value is -6.58. The number of hydrogen-bond donors (Lipinski definition) is 0. The number of ether oxygens (including phenoxy) is 1. The number of pyridine rings is 2. The first-order chi connectivity index (χ1) is 26.2. The van der Waals surface area contributed by atoms with Gasteiger partial charge < -0.3 is 4.74 Å². The van der Waals surface area contributed by atoms with Gasteiger partial charge in [0.15, 0.2) is 0 Å². The van der Waals surface area contributed by atoms with Crippen LogP contribution in [0.25, 0.3) is 83.0 Å². The highest BCUT2D eigenvalue weighted by atomic mass is 16.5. The number of fused-ring (bicyclic) bond motifs is 8. The molecule has 7 aromatic carbocycles. The lowest BCUT2D eigenvalue weighted by Gasteiger charge is -2.17. The maximum atomic E-state index is 6.65. The van der Waals surface area contributed by atoms with E-state index in [9.17, 15) is 0 Å². The zero-order chi connectivity index (χ0) is 34.9. The Labute approximate surface area is 306 Å². The standard InChI is InChI=1S/C50H34N2O/c1-3-31-5-7-35(29-47(31)51-23-1)33-13-17-43-37(25-33)9-11-39-27-41(15-19-45(39)43)49-21-22-50(53-49)42-16-20-46-40(28-42)12-10-38-26-34(14-18-44(38)46)36-8-6-32-4-2-24-52-48(32)30-36/h1-7,9-21,23-30,36,50H,8,22H2. The fraction of sp³-hybridized carbons (Fsp3) is 0.0800. The molecule has 3 heterocycles. The molecule has 1 aliphatic heterocycles. The van der Waals surface area contributed by atoms with Gasteiger partial charge >= 0.3 is 0 Å². The van der Waals surface area contributed by atoms with Gasteiger partial charge in [-0.2, -0.15) is 0 Å². The van der Waals surface area contributed by atoms with E-state index in [0.717, 1.165) is 40.4 Å². The van der Waals surface area contributed by atoms with Gasteiger partial charge in [-0.3, -0.25) is 9.97 Å². The average molecular weight is 679 g/mol. The summed E-state index contributed by atoms with van der Waals surface area (Å²) in [5.74, 6) is 1.30. The van der Waals surface area contributed by atoms with Crippen molar-refractivity contribution in [1.29, 1.82) is 0 Å². The van der Waals surface area contributed by atoms with Crippen molar-refractivity contribution in [2.24, 2.45) is 0 Å². The number of rotatable bonds is 4. The minimum Gasteiger partial charge on any atom is -0.485 e. The van der Waals surface area contributed by atoms with Crippen LogP contribution in [0.5, 0.6) is 0 Å². The molecule has 0 saturated heterocycles. The van der Waals surface area contributed by atoms with Crippen molar-refractivity contribution >= 4 is 71.9 Å². The molecular formula is C50H34N2O. The van der Waals surface area contributed by atoms with Gasteiger partial charge in [-0.05, 0) is 119 Å². The SMILES string of the molecule is C1=C(c2ccc3c(ccc4cc(-c5ccc6cccnc6c5)ccc43)c2)OC(c2ccc3c(ccc4cc(C5C=c6ncccc6=CC5)ccc43)c2)C1. The summed E-state index contributed by atoms with van der Waals surface area (Å²) in [6.45, 7) is 0. The molecule has 0 N–H and O–H groups in total. The molecule has 0 bridgehead atoms. The highest BCUT2D eigenvalue weighted by molar-refractivity contribution is 6.09. The second-order valence-corrected chi connectivity index (χ2v) is 14.5. The van der Waals surface area contributed by atoms with Gasteiger partial charge in [-0.1, -0.05) is 115 Å². The summed E-state index contributed by atoms with van der Waals surface area (Å²) >= 11 is 0. The lowest BCUT2D eigenvalue weighted by atomic mass is 9.89. The van der Waals surface area contributed by atoms with E-state index in [0.29, 0.717) is 5.92 Å². The summed E-state index contributed by atoms with van der Waals surface area (Å²) in [6.07, 6.45) is 12.5. The molecule has 1 aliphatic carbocycles. The molecule has 0 spiro atoms. The van der Waals surface area contributed by atoms with Crippen molar-refractivity contribution in [3.05, 3.63) is 185 Å². The van der Waals surface area contributed by atoms with Crippen molar-refractivity contribution in [3.63, 3.8) is 0 Å². The van der Waals surface area contributed by atoms with Gasteiger partial charge in [0.1, 0.15) is 11.9 Å². The van der Waals surface area contributed by atoms with Gasteiger partial charge in [-0.15, -0.1) is 0 Å². The van der Waals surface area contributed by atoms with Crippen molar-refractivity contribution in [3.8, 4) is 11.1 Å². The van der Waals surface area contributed by atoms with Crippen molar-refractivity contribution in [2.75, 3.05) is 0 Å². The van der Waals surface area contributed by atoms with Crippen molar-refractivity contribution in [2.45, 2.75) is 24.9 Å². The predicted octanol–water partition coefficient (Wildman–Crippen LogP) is 11.2. The van der Waals surface area contributed by atoms with Crippen LogP contribution >= 0.6 is 0 Å². The fourth-order valence-corrected chi connectivity index (χ4v) is 8.53.